The van der Waals surface area contributed by atoms with Gasteiger partial charge in [-0.05, 0) is 113 Å². The Bertz CT molecular complexity index is 3590. The third kappa shape index (κ3) is 9.27. The molecule has 4 aliphatic rings. The average Bonchev–Trinajstić information content (AvgIpc) is 1.88. The molecule has 3 amide bonds. The predicted molar refractivity (Wildman–Crippen MR) is 292 cm³/mol. The number of imide groups is 1. The number of esters is 1. The number of anilines is 1. The van der Waals surface area contributed by atoms with Gasteiger partial charge in [0.15, 0.2) is 11.5 Å². The molecule has 0 aliphatic carbocycles. The van der Waals surface area contributed by atoms with E-state index in [0.29, 0.717) is 57.1 Å². The van der Waals surface area contributed by atoms with Gasteiger partial charge in [0.1, 0.15) is 42.3 Å². The van der Waals surface area contributed by atoms with E-state index in [1.807, 2.05) is 77.7 Å². The van der Waals surface area contributed by atoms with Gasteiger partial charge in [0.2, 0.25) is 11.8 Å². The number of methoxy groups -OCH3 is 3. The minimum atomic E-state index is -2.21. The van der Waals surface area contributed by atoms with Crippen LogP contribution in [0, 0.1) is 27.9 Å². The summed E-state index contributed by atoms with van der Waals surface area (Å²) in [6, 6.07) is 43.2. The van der Waals surface area contributed by atoms with Crippen LogP contribution in [0.1, 0.15) is 68.3 Å². The molecule has 4 heterocycles. The van der Waals surface area contributed by atoms with Crippen molar-refractivity contribution in [3.63, 3.8) is 0 Å². The Kier molecular flexibility index (Phi) is 14.5. The summed E-state index contributed by atoms with van der Waals surface area (Å²) >= 11 is 0. The van der Waals surface area contributed by atoms with Crippen molar-refractivity contribution in [2.24, 2.45) is 5.92 Å². The molecule has 0 bridgehead atoms. The number of carbonyl (C=O) groups is 4. The van der Waals surface area contributed by atoms with E-state index in [2.05, 4.69) is 11.8 Å². The average molecular weight is 1080 g/mol. The molecule has 7 aromatic rings. The topological polar surface area (TPSA) is 197 Å². The molecular formula is C63H54N4O13. The number of fused-ring (bicyclic) bond motifs is 4. The van der Waals surface area contributed by atoms with Crippen molar-refractivity contribution in [1.29, 1.82) is 0 Å². The number of non-ortho nitro benzene ring substituents is 1. The van der Waals surface area contributed by atoms with Crippen LogP contribution in [0.15, 0.2) is 164 Å². The molecular weight excluding hydrogens is 1020 g/mol. The van der Waals surface area contributed by atoms with Gasteiger partial charge in [0.05, 0.1) is 56.5 Å². The van der Waals surface area contributed by atoms with Gasteiger partial charge in [0, 0.05) is 41.9 Å². The van der Waals surface area contributed by atoms with Gasteiger partial charge in [-0.2, -0.15) is 0 Å². The molecule has 2 fully saturated rings. The third-order valence-electron chi connectivity index (χ3n) is 15.5. The lowest BCUT2D eigenvalue weighted by Crippen LogP contribution is -2.57. The van der Waals surface area contributed by atoms with Crippen molar-refractivity contribution in [3.05, 3.63) is 224 Å². The quantitative estimate of drug-likeness (QED) is 0.0497. The van der Waals surface area contributed by atoms with Crippen LogP contribution >= 0.6 is 0 Å². The normalized spacial score (nSPS) is 20.8. The Morgan fingerprint density at radius 2 is 1.39 bits per heavy atom. The van der Waals surface area contributed by atoms with E-state index < -0.39 is 71.0 Å². The molecule has 6 atom stereocenters. The monoisotopic (exact) mass is 1070 g/mol. The number of nitro benzene ring substituents is 1. The molecule has 2 saturated heterocycles. The van der Waals surface area contributed by atoms with Crippen LogP contribution in [-0.4, -0.2) is 90.8 Å². The summed E-state index contributed by atoms with van der Waals surface area (Å²) in [7, 11) is 4.64. The van der Waals surface area contributed by atoms with Gasteiger partial charge < -0.3 is 38.4 Å². The van der Waals surface area contributed by atoms with Gasteiger partial charge in [-0.3, -0.25) is 29.4 Å². The summed E-state index contributed by atoms with van der Waals surface area (Å²) in [6.07, 6.45) is -1.74. The fourth-order valence-corrected chi connectivity index (χ4v) is 11.9. The van der Waals surface area contributed by atoms with Crippen molar-refractivity contribution < 1.29 is 57.6 Å². The maximum Gasteiger partial charge on any atom is 0.421 e. The van der Waals surface area contributed by atoms with Crippen molar-refractivity contribution >= 4 is 35.3 Å². The van der Waals surface area contributed by atoms with Crippen molar-refractivity contribution in [3.8, 4) is 34.8 Å². The van der Waals surface area contributed by atoms with Crippen LogP contribution in [-0.2, 0) is 48.8 Å². The van der Waals surface area contributed by atoms with Crippen molar-refractivity contribution in [2.75, 3.05) is 46.0 Å². The van der Waals surface area contributed by atoms with Crippen LogP contribution in [0.2, 0.25) is 0 Å². The summed E-state index contributed by atoms with van der Waals surface area (Å²) in [5, 5.41) is 21.8. The highest BCUT2D eigenvalue weighted by Gasteiger charge is 2.76. The number of hydrogen-bond donors (Lipinski definition) is 1. The Morgan fingerprint density at radius 1 is 0.738 bits per heavy atom. The first-order valence-corrected chi connectivity index (χ1v) is 26.0. The largest absolute Gasteiger partial charge is 0.497 e. The number of aliphatic hydroxyl groups is 1. The van der Waals surface area contributed by atoms with Gasteiger partial charge in [-0.15, -0.1) is 0 Å². The zero-order valence-electron chi connectivity index (χ0n) is 43.9. The van der Waals surface area contributed by atoms with E-state index >= 15 is 19.2 Å². The SMILES string of the molecule is COc1ccc(C#Cc2ccc3c(c2)[C@]2(C(=O)N3C(=O)OCc3ccc([N+](=O)[O-])cc3)[C@H](c3ccccc3OCCO)N3[C@H](c4ccccc4)[C@H](c4ccccc4)OC(=O)[C@H]3[C@@H]2C(=O)N2CCc3cc(OC)c(OC)cc3C2)cc1. The van der Waals surface area contributed by atoms with Gasteiger partial charge in [0.25, 0.3) is 5.69 Å². The molecule has 404 valence electrons. The summed E-state index contributed by atoms with van der Waals surface area (Å²) in [5.41, 5.74) is 2.72. The number of ether oxygens (including phenoxy) is 6. The summed E-state index contributed by atoms with van der Waals surface area (Å²) in [5.74, 6) is 4.44. The van der Waals surface area contributed by atoms with E-state index in [4.69, 9.17) is 28.4 Å². The number of nitro groups is 1. The number of aliphatic hydroxyl groups excluding tert-OH is 1. The van der Waals surface area contributed by atoms with E-state index in [1.54, 1.807) is 85.8 Å². The maximum absolute atomic E-state index is 17.1. The van der Waals surface area contributed by atoms with Gasteiger partial charge >= 0.3 is 12.1 Å². The van der Waals surface area contributed by atoms with Crippen LogP contribution in [0.4, 0.5) is 16.2 Å². The molecule has 0 unspecified atom stereocenters. The smallest absolute Gasteiger partial charge is 0.421 e. The Hall–Kier alpha value is -9.50. The summed E-state index contributed by atoms with van der Waals surface area (Å²) in [4.78, 5) is 80.3. The standard InChI is InChI=1S/C63H54N4O13/c1-75-47-27-22-39(23-28-47)18-19-40-24-29-50-49(34-40)63(61(71)65(50)62(72)79-38-41-20-25-46(26-21-41)67(73)74)54(59(69)64-31-30-44-35-52(76-2)53(77-3)36-45(44)37-64)56-60(70)80-57(43-14-8-5-9-15-43)55(42-12-6-4-7-13-42)66(56)58(63)48-16-10-11-17-51(48)78-33-32-68/h4-17,20-29,34-36,54-58,68H,30-33,37-38H2,1-3H3/t54-,55-,56-,57+,58+,63-/m1/s1. The Balaban J connectivity index is 1.18. The zero-order chi connectivity index (χ0) is 55.7. The number of cyclic esters (lactones) is 1. The first-order valence-electron chi connectivity index (χ1n) is 26.0. The van der Waals surface area contributed by atoms with Crippen LogP contribution in [0.3, 0.4) is 0 Å². The van der Waals surface area contributed by atoms with E-state index in [1.165, 1.54) is 31.4 Å². The maximum atomic E-state index is 17.1. The fourth-order valence-electron chi connectivity index (χ4n) is 11.9. The zero-order valence-corrected chi connectivity index (χ0v) is 43.9. The first kappa shape index (κ1) is 52.5. The molecule has 1 N–H and O–H groups in total. The highest BCUT2D eigenvalue weighted by molar-refractivity contribution is 6.23. The Labute approximate surface area is 460 Å². The predicted octanol–water partition coefficient (Wildman–Crippen LogP) is 8.98. The fraction of sp³-hybridized carbons (Fsp3) is 0.238. The number of benzene rings is 7. The van der Waals surface area contributed by atoms with Crippen LogP contribution in [0.25, 0.3) is 0 Å². The second-order valence-corrected chi connectivity index (χ2v) is 19.7. The second-order valence-electron chi connectivity index (χ2n) is 19.7. The van der Waals surface area contributed by atoms with E-state index in [0.717, 1.165) is 16.0 Å². The number of nitrogens with zero attached hydrogens (tertiary/aromatic N) is 4. The number of para-hydroxylation sites is 1. The molecule has 80 heavy (non-hydrogen) atoms. The Morgan fingerprint density at radius 3 is 2.06 bits per heavy atom. The lowest BCUT2D eigenvalue weighted by molar-refractivity contribution is -0.384. The van der Waals surface area contributed by atoms with E-state index in [-0.39, 0.29) is 49.0 Å². The molecule has 17 heteroatoms. The van der Waals surface area contributed by atoms with Crippen molar-refractivity contribution in [1.82, 2.24) is 9.80 Å². The van der Waals surface area contributed by atoms with Crippen molar-refractivity contribution in [2.45, 2.75) is 49.2 Å². The lowest BCUT2D eigenvalue weighted by atomic mass is 9.64. The highest BCUT2D eigenvalue weighted by atomic mass is 16.6. The molecule has 1 spiro atoms. The van der Waals surface area contributed by atoms with Gasteiger partial charge in [-0.1, -0.05) is 90.7 Å². The third-order valence-corrected chi connectivity index (χ3v) is 15.5. The molecule has 0 aromatic heterocycles. The van der Waals surface area contributed by atoms with Crippen LogP contribution in [0.5, 0.6) is 23.0 Å². The molecule has 0 radical (unpaired) electrons. The molecule has 0 saturated carbocycles. The minimum Gasteiger partial charge on any atom is -0.497 e. The number of carbonyl (C=O) groups excluding carboxylic acids is 4. The summed E-state index contributed by atoms with van der Waals surface area (Å²) in [6.45, 7) is -0.701. The molecule has 4 aliphatic heterocycles. The van der Waals surface area contributed by atoms with Gasteiger partial charge in [-0.25, -0.2) is 9.69 Å². The highest BCUT2D eigenvalue weighted by Crippen LogP contribution is 2.67. The minimum absolute atomic E-state index is 0.0495. The summed E-state index contributed by atoms with van der Waals surface area (Å²) < 4.78 is 35.9. The molecule has 7 aromatic carbocycles. The second kappa shape index (κ2) is 22.1. The van der Waals surface area contributed by atoms with E-state index in [9.17, 15) is 15.2 Å². The number of hydrogen-bond acceptors (Lipinski definition) is 14. The number of rotatable bonds is 13. The number of morpholine rings is 1. The number of amides is 3. The van der Waals surface area contributed by atoms with Crippen LogP contribution < -0.4 is 23.8 Å². The molecule has 17 nitrogen and oxygen atoms in total. The lowest BCUT2D eigenvalue weighted by Gasteiger charge is -2.46. The first-order chi connectivity index (χ1) is 39.0. The molecule has 11 rings (SSSR count).